The highest BCUT2D eigenvalue weighted by atomic mass is 19.3. The van der Waals surface area contributed by atoms with Crippen molar-refractivity contribution in [3.8, 4) is 11.3 Å². The second-order valence-corrected chi connectivity index (χ2v) is 8.62. The Kier molecular flexibility index (Phi) is 5.31. The highest BCUT2D eigenvalue weighted by Crippen LogP contribution is 2.33. The van der Waals surface area contributed by atoms with Crippen molar-refractivity contribution in [2.75, 3.05) is 18.2 Å². The van der Waals surface area contributed by atoms with E-state index in [0.29, 0.717) is 34.1 Å². The third-order valence-electron chi connectivity index (χ3n) is 6.35. The third kappa shape index (κ3) is 4.06. The zero-order valence-corrected chi connectivity index (χ0v) is 18.4. The lowest BCUT2D eigenvalue weighted by atomic mass is 9.83. The predicted molar refractivity (Wildman–Crippen MR) is 119 cm³/mol. The first kappa shape index (κ1) is 21.4. The molecular formula is C21H25F2N9O. The number of aromatic nitrogens is 7. The van der Waals surface area contributed by atoms with Crippen molar-refractivity contribution in [3.63, 3.8) is 0 Å². The van der Waals surface area contributed by atoms with Gasteiger partial charge in [-0.3, -0.25) is 0 Å². The van der Waals surface area contributed by atoms with Crippen LogP contribution in [0.15, 0.2) is 24.4 Å². The first-order valence-corrected chi connectivity index (χ1v) is 10.8. The second kappa shape index (κ2) is 8.18. The maximum absolute atomic E-state index is 12.9. The van der Waals surface area contributed by atoms with E-state index in [4.69, 9.17) is 10.5 Å². The molecule has 0 radical (unpaired) electrons. The van der Waals surface area contributed by atoms with Crippen LogP contribution in [0.4, 0.5) is 20.5 Å². The van der Waals surface area contributed by atoms with Gasteiger partial charge in [0.2, 0.25) is 5.95 Å². The van der Waals surface area contributed by atoms with Crippen molar-refractivity contribution in [3.05, 3.63) is 24.4 Å². The number of alkyl halides is 2. The summed E-state index contributed by atoms with van der Waals surface area (Å²) in [6.07, 6.45) is 3.03. The van der Waals surface area contributed by atoms with Gasteiger partial charge < -0.3 is 15.8 Å². The summed E-state index contributed by atoms with van der Waals surface area (Å²) in [6.45, 7) is 1.56. The van der Waals surface area contributed by atoms with Crippen molar-refractivity contribution >= 4 is 28.4 Å². The number of ether oxygens (including phenoxy) is 1. The highest BCUT2D eigenvalue weighted by Gasteiger charge is 2.31. The van der Waals surface area contributed by atoms with Gasteiger partial charge in [-0.15, -0.1) is 10.2 Å². The lowest BCUT2D eigenvalue weighted by molar-refractivity contribution is -0.0253. The quantitative estimate of drug-likeness (QED) is 0.453. The van der Waals surface area contributed by atoms with Crippen LogP contribution in [0.5, 0.6) is 0 Å². The van der Waals surface area contributed by atoms with Crippen LogP contribution < -0.4 is 11.1 Å². The molecule has 0 spiro atoms. The summed E-state index contributed by atoms with van der Waals surface area (Å²) in [4.78, 5) is 8.98. The molecule has 1 fully saturated rings. The van der Waals surface area contributed by atoms with Crippen LogP contribution in [0.3, 0.4) is 0 Å². The van der Waals surface area contributed by atoms with Gasteiger partial charge in [0.25, 0.3) is 6.43 Å². The minimum atomic E-state index is -2.56. The molecule has 10 nitrogen and oxygen atoms in total. The summed E-state index contributed by atoms with van der Waals surface area (Å²) in [6, 6.07) is 5.51. The Balaban J connectivity index is 1.43. The van der Waals surface area contributed by atoms with E-state index in [9.17, 15) is 8.78 Å². The number of hydrogen-bond acceptors (Lipinski definition) is 8. The molecule has 0 aromatic carbocycles. The molecule has 4 aromatic rings. The fourth-order valence-corrected chi connectivity index (χ4v) is 4.34. The van der Waals surface area contributed by atoms with Gasteiger partial charge in [0.05, 0.1) is 11.3 Å². The van der Waals surface area contributed by atoms with Crippen LogP contribution in [0.1, 0.15) is 32.6 Å². The summed E-state index contributed by atoms with van der Waals surface area (Å²) in [7, 11) is 1.75. The maximum atomic E-state index is 12.9. The molecule has 4 aromatic heterocycles. The van der Waals surface area contributed by atoms with Crippen molar-refractivity contribution in [2.24, 2.45) is 0 Å². The molecule has 12 heteroatoms. The van der Waals surface area contributed by atoms with Crippen molar-refractivity contribution in [1.82, 2.24) is 34.6 Å². The number of nitrogens with one attached hydrogen (secondary N) is 1. The average Bonchev–Trinajstić information content (AvgIpc) is 3.39. The molecule has 0 bridgehead atoms. The number of pyridine rings is 1. The molecule has 0 aliphatic heterocycles. The Morgan fingerprint density at radius 1 is 1.24 bits per heavy atom. The minimum absolute atomic E-state index is 0.0777. The number of halogens is 2. The van der Waals surface area contributed by atoms with Gasteiger partial charge in [0.15, 0.2) is 11.5 Å². The van der Waals surface area contributed by atoms with Crippen LogP contribution in [0.2, 0.25) is 0 Å². The molecule has 1 aliphatic rings. The molecule has 3 N–H and O–H groups in total. The average molecular weight is 457 g/mol. The van der Waals surface area contributed by atoms with Gasteiger partial charge >= 0.3 is 0 Å². The van der Waals surface area contributed by atoms with Crippen LogP contribution >= 0.6 is 0 Å². The number of methoxy groups -OCH3 is 1. The number of anilines is 2. The molecule has 0 amide bonds. The standard InChI is InChI=1S/C21H25F2N9O/c1-21(33-2)8-5-12(6-9-21)25-20-27-18(24)17-13(7-10-31(17)29-20)14-3-4-15-19(26-14)32(30-28-15)11-16(22)23/h3-4,7,10,12,16H,5-6,8-9,11H2,1-2H3,(H3,24,25,27,29). The maximum Gasteiger partial charge on any atom is 0.258 e. The monoisotopic (exact) mass is 457 g/mol. The summed E-state index contributed by atoms with van der Waals surface area (Å²) in [5.41, 5.74) is 8.79. The van der Waals surface area contributed by atoms with Gasteiger partial charge in [0.1, 0.15) is 17.6 Å². The number of hydrogen-bond donors (Lipinski definition) is 2. The largest absolute Gasteiger partial charge is 0.382 e. The Hall–Kier alpha value is -3.41. The summed E-state index contributed by atoms with van der Waals surface area (Å²) < 4.78 is 34.1. The molecule has 174 valence electrons. The smallest absolute Gasteiger partial charge is 0.258 e. The highest BCUT2D eigenvalue weighted by molar-refractivity contribution is 5.88. The molecule has 0 atom stereocenters. The van der Waals surface area contributed by atoms with Crippen LogP contribution in [-0.2, 0) is 11.3 Å². The summed E-state index contributed by atoms with van der Waals surface area (Å²) >= 11 is 0. The fourth-order valence-electron chi connectivity index (χ4n) is 4.34. The Bertz CT molecular complexity index is 1290. The number of nitrogens with two attached hydrogens (primary N) is 1. The van der Waals surface area contributed by atoms with Crippen LogP contribution in [0, 0.1) is 0 Å². The van der Waals surface area contributed by atoms with Crippen molar-refractivity contribution < 1.29 is 13.5 Å². The SMILES string of the molecule is COC1(C)CCC(Nc2nc(N)c3c(-c4ccc5nnn(CC(F)F)c5n4)ccn3n2)CC1. The van der Waals surface area contributed by atoms with Crippen molar-refractivity contribution in [2.45, 2.75) is 57.2 Å². The number of nitrogens with zero attached hydrogens (tertiary/aromatic N) is 7. The fraction of sp³-hybridized carbons (Fsp3) is 0.476. The summed E-state index contributed by atoms with van der Waals surface area (Å²) in [5.74, 6) is 0.752. The van der Waals surface area contributed by atoms with Gasteiger partial charge in [-0.1, -0.05) is 5.21 Å². The first-order valence-electron chi connectivity index (χ1n) is 10.8. The Morgan fingerprint density at radius 3 is 2.76 bits per heavy atom. The van der Waals surface area contributed by atoms with E-state index in [-0.39, 0.29) is 17.3 Å². The Morgan fingerprint density at radius 2 is 2.03 bits per heavy atom. The molecule has 33 heavy (non-hydrogen) atoms. The normalized spacial score (nSPS) is 21.3. The lowest BCUT2D eigenvalue weighted by Gasteiger charge is -2.36. The zero-order chi connectivity index (χ0) is 23.2. The van der Waals surface area contributed by atoms with Gasteiger partial charge in [-0.2, -0.15) is 4.98 Å². The molecule has 0 saturated heterocycles. The molecule has 0 unspecified atom stereocenters. The van der Waals surface area contributed by atoms with E-state index >= 15 is 0 Å². The molecule has 5 rings (SSSR count). The number of nitrogen functional groups attached to an aromatic ring is 1. The number of fused-ring (bicyclic) bond motifs is 2. The van der Waals surface area contributed by atoms with Gasteiger partial charge in [-0.25, -0.2) is 23.0 Å². The molecule has 1 aliphatic carbocycles. The second-order valence-electron chi connectivity index (χ2n) is 8.62. The van der Waals surface area contributed by atoms with E-state index < -0.39 is 13.0 Å². The van der Waals surface area contributed by atoms with Gasteiger partial charge in [-0.05, 0) is 50.8 Å². The van der Waals surface area contributed by atoms with Crippen molar-refractivity contribution in [1.29, 1.82) is 0 Å². The van der Waals surface area contributed by atoms with E-state index in [1.807, 2.05) is 6.07 Å². The van der Waals surface area contributed by atoms with E-state index in [2.05, 4.69) is 37.6 Å². The van der Waals surface area contributed by atoms with Crippen LogP contribution in [0.25, 0.3) is 27.9 Å². The molecule has 4 heterocycles. The molecule has 1 saturated carbocycles. The zero-order valence-electron chi connectivity index (χ0n) is 18.4. The van der Waals surface area contributed by atoms with Gasteiger partial charge in [0, 0.05) is 24.9 Å². The lowest BCUT2D eigenvalue weighted by Crippen LogP contribution is -2.37. The van der Waals surface area contributed by atoms with E-state index in [1.54, 1.807) is 30.0 Å². The predicted octanol–water partition coefficient (Wildman–Crippen LogP) is 3.14. The van der Waals surface area contributed by atoms with E-state index in [0.717, 1.165) is 30.4 Å². The number of rotatable bonds is 6. The van der Waals surface area contributed by atoms with Crippen LogP contribution in [-0.4, -0.2) is 59.8 Å². The van der Waals surface area contributed by atoms with E-state index in [1.165, 1.54) is 0 Å². The Labute approximate surface area is 188 Å². The first-order chi connectivity index (χ1) is 15.8. The molecular weight excluding hydrogens is 432 g/mol. The minimum Gasteiger partial charge on any atom is -0.382 e. The topological polar surface area (TPSA) is 121 Å². The third-order valence-corrected chi connectivity index (χ3v) is 6.35. The summed E-state index contributed by atoms with van der Waals surface area (Å²) in [5, 5.41) is 15.6.